The molecular weight excluding hydrogens is 201 g/mol. The summed E-state index contributed by atoms with van der Waals surface area (Å²) in [5, 5.41) is 2.60. The van der Waals surface area contributed by atoms with E-state index >= 15 is 0 Å². The van der Waals surface area contributed by atoms with Gasteiger partial charge in [0, 0.05) is 11.6 Å². The van der Waals surface area contributed by atoms with Gasteiger partial charge in [-0.2, -0.15) is 0 Å². The molecule has 1 fully saturated rings. The average Bonchev–Trinajstić information content (AvgIpc) is 2.64. The zero-order chi connectivity index (χ0) is 10.8. The number of methoxy groups -OCH3 is 1. The fourth-order valence-corrected chi connectivity index (χ4v) is 1.52. The minimum absolute atomic E-state index is 0.237. The smallest absolute Gasteiger partial charge is 0.407 e. The van der Waals surface area contributed by atoms with Gasteiger partial charge in [0.05, 0.1) is 13.2 Å². The number of rotatable bonds is 2. The van der Waals surface area contributed by atoms with E-state index < -0.39 is 6.09 Å². The topological polar surface area (TPSA) is 47.6 Å². The molecule has 1 N–H and O–H groups in total. The molecule has 1 aliphatic rings. The summed E-state index contributed by atoms with van der Waals surface area (Å²) in [5.41, 5.74) is 0.713. The van der Waals surface area contributed by atoms with Gasteiger partial charge in [-0.3, -0.25) is 0 Å². The molecule has 1 amide bonds. The van der Waals surface area contributed by atoms with Crippen LogP contribution in [0.2, 0.25) is 0 Å². The molecule has 0 aliphatic carbocycles. The van der Waals surface area contributed by atoms with Gasteiger partial charge in [-0.05, 0) is 6.07 Å². The van der Waals surface area contributed by atoms with Crippen LogP contribution in [0.5, 0.6) is 5.75 Å². The first-order chi connectivity index (χ1) is 7.20. The highest BCUT2D eigenvalue weighted by molar-refractivity contribution is 5.70. The van der Waals surface area contributed by atoms with Crippen LogP contribution in [0.4, 0.5) is 9.18 Å². The summed E-state index contributed by atoms with van der Waals surface area (Å²) in [6, 6.07) is 3.91. The Morgan fingerprint density at radius 3 is 3.00 bits per heavy atom. The predicted octanol–water partition coefficient (Wildman–Crippen LogP) is 1.62. The Hall–Kier alpha value is -1.78. The highest BCUT2D eigenvalue weighted by Crippen LogP contribution is 2.28. The van der Waals surface area contributed by atoms with Crippen LogP contribution in [0, 0.1) is 5.82 Å². The molecule has 4 nitrogen and oxygen atoms in total. The Morgan fingerprint density at radius 2 is 2.40 bits per heavy atom. The van der Waals surface area contributed by atoms with Crippen LogP contribution in [0.1, 0.15) is 11.6 Å². The molecule has 1 heterocycles. The molecule has 2 rings (SSSR count). The number of halogens is 1. The van der Waals surface area contributed by atoms with Crippen LogP contribution < -0.4 is 10.1 Å². The number of alkyl carbamates (subject to hydrolysis) is 1. The van der Waals surface area contributed by atoms with Gasteiger partial charge in [-0.25, -0.2) is 9.18 Å². The Balaban J connectivity index is 2.31. The van der Waals surface area contributed by atoms with E-state index in [1.807, 2.05) is 0 Å². The van der Waals surface area contributed by atoms with E-state index in [1.54, 1.807) is 6.07 Å². The van der Waals surface area contributed by atoms with E-state index in [4.69, 9.17) is 9.47 Å². The van der Waals surface area contributed by atoms with Gasteiger partial charge in [0.25, 0.3) is 0 Å². The molecule has 0 saturated carbocycles. The molecule has 1 saturated heterocycles. The van der Waals surface area contributed by atoms with Crippen molar-refractivity contribution in [1.29, 1.82) is 0 Å². The molecular formula is C10H10FNO3. The standard InChI is InChI=1S/C10H10FNO3/c1-14-9-4-6(11)2-3-7(9)8-5-15-10(13)12-8/h2-4,8H,5H2,1H3,(H,12,13)/t8-/m0/s1. The third-order valence-electron chi connectivity index (χ3n) is 2.24. The number of nitrogens with one attached hydrogen (secondary N) is 1. The zero-order valence-corrected chi connectivity index (χ0v) is 8.12. The third-order valence-corrected chi connectivity index (χ3v) is 2.24. The molecule has 80 valence electrons. The van der Waals surface area contributed by atoms with E-state index in [2.05, 4.69) is 5.32 Å². The summed E-state index contributed by atoms with van der Waals surface area (Å²) in [6.07, 6.45) is -0.466. The number of cyclic esters (lactones) is 1. The summed E-state index contributed by atoms with van der Waals surface area (Å²) in [7, 11) is 1.45. The first-order valence-corrected chi connectivity index (χ1v) is 4.47. The van der Waals surface area contributed by atoms with E-state index in [-0.39, 0.29) is 18.5 Å². The lowest BCUT2D eigenvalue weighted by Crippen LogP contribution is -2.18. The third kappa shape index (κ3) is 1.86. The van der Waals surface area contributed by atoms with Crippen molar-refractivity contribution in [2.45, 2.75) is 6.04 Å². The van der Waals surface area contributed by atoms with Crippen molar-refractivity contribution >= 4 is 6.09 Å². The monoisotopic (exact) mass is 211 g/mol. The second kappa shape index (κ2) is 3.76. The molecule has 0 spiro atoms. The van der Waals surface area contributed by atoms with Crippen molar-refractivity contribution < 1.29 is 18.7 Å². The van der Waals surface area contributed by atoms with Gasteiger partial charge in [-0.1, -0.05) is 6.07 Å². The maximum absolute atomic E-state index is 12.9. The number of hydrogen-bond acceptors (Lipinski definition) is 3. The van der Waals surface area contributed by atoms with Crippen molar-refractivity contribution in [1.82, 2.24) is 5.32 Å². The summed E-state index contributed by atoms with van der Waals surface area (Å²) in [4.78, 5) is 10.8. The highest BCUT2D eigenvalue weighted by atomic mass is 19.1. The lowest BCUT2D eigenvalue weighted by atomic mass is 10.1. The minimum Gasteiger partial charge on any atom is -0.496 e. The summed E-state index contributed by atoms with van der Waals surface area (Å²) in [6.45, 7) is 0.237. The first-order valence-electron chi connectivity index (χ1n) is 4.47. The van der Waals surface area contributed by atoms with E-state index in [9.17, 15) is 9.18 Å². The molecule has 0 aromatic heterocycles. The van der Waals surface area contributed by atoms with Crippen LogP contribution in [-0.4, -0.2) is 19.8 Å². The van der Waals surface area contributed by atoms with E-state index in [0.717, 1.165) is 0 Å². The summed E-state index contributed by atoms with van der Waals surface area (Å²) >= 11 is 0. The number of hydrogen-bond donors (Lipinski definition) is 1. The van der Waals surface area contributed by atoms with Crippen LogP contribution in [0.15, 0.2) is 18.2 Å². The van der Waals surface area contributed by atoms with Crippen LogP contribution in [-0.2, 0) is 4.74 Å². The molecule has 1 aliphatic heterocycles. The maximum Gasteiger partial charge on any atom is 0.407 e. The van der Waals surface area contributed by atoms with E-state index in [1.165, 1.54) is 19.2 Å². The fourth-order valence-electron chi connectivity index (χ4n) is 1.52. The highest BCUT2D eigenvalue weighted by Gasteiger charge is 2.26. The SMILES string of the molecule is COc1cc(F)ccc1[C@@H]1COC(=O)N1. The Labute approximate surface area is 86.0 Å². The lowest BCUT2D eigenvalue weighted by Gasteiger charge is -2.12. The average molecular weight is 211 g/mol. The molecule has 1 aromatic carbocycles. The second-order valence-electron chi connectivity index (χ2n) is 3.18. The molecule has 0 bridgehead atoms. The van der Waals surface area contributed by atoms with Crippen molar-refractivity contribution in [2.24, 2.45) is 0 Å². The molecule has 15 heavy (non-hydrogen) atoms. The number of ether oxygens (including phenoxy) is 2. The van der Waals surface area contributed by atoms with Crippen LogP contribution >= 0.6 is 0 Å². The molecule has 5 heteroatoms. The van der Waals surface area contributed by atoms with Gasteiger partial charge in [0.2, 0.25) is 0 Å². The van der Waals surface area contributed by atoms with Gasteiger partial charge in [0.1, 0.15) is 18.2 Å². The van der Waals surface area contributed by atoms with Crippen molar-refractivity contribution in [3.05, 3.63) is 29.6 Å². The summed E-state index contributed by atoms with van der Waals surface area (Å²) in [5.74, 6) is 0.0339. The number of carbonyl (C=O) groups is 1. The molecule has 1 aromatic rings. The first kappa shape index (κ1) is 9.76. The van der Waals surface area contributed by atoms with E-state index in [0.29, 0.717) is 11.3 Å². The van der Waals surface area contributed by atoms with Gasteiger partial charge < -0.3 is 14.8 Å². The fraction of sp³-hybridized carbons (Fsp3) is 0.300. The van der Waals surface area contributed by atoms with Crippen molar-refractivity contribution in [2.75, 3.05) is 13.7 Å². The van der Waals surface area contributed by atoms with Gasteiger partial charge in [-0.15, -0.1) is 0 Å². The molecule has 0 unspecified atom stereocenters. The number of benzene rings is 1. The van der Waals surface area contributed by atoms with Gasteiger partial charge >= 0.3 is 6.09 Å². The zero-order valence-electron chi connectivity index (χ0n) is 8.12. The normalized spacial score (nSPS) is 19.6. The van der Waals surface area contributed by atoms with Gasteiger partial charge in [0.15, 0.2) is 0 Å². The van der Waals surface area contributed by atoms with Crippen LogP contribution in [0.25, 0.3) is 0 Å². The number of amides is 1. The largest absolute Gasteiger partial charge is 0.496 e. The maximum atomic E-state index is 12.9. The quantitative estimate of drug-likeness (QED) is 0.808. The molecule has 0 radical (unpaired) electrons. The van der Waals surface area contributed by atoms with Crippen LogP contribution in [0.3, 0.4) is 0 Å². The predicted molar refractivity (Wildman–Crippen MR) is 50.2 cm³/mol. The Morgan fingerprint density at radius 1 is 1.60 bits per heavy atom. The minimum atomic E-state index is -0.466. The second-order valence-corrected chi connectivity index (χ2v) is 3.18. The molecule has 1 atom stereocenters. The lowest BCUT2D eigenvalue weighted by molar-refractivity contribution is 0.177. The Bertz CT molecular complexity index is 394. The Kier molecular flexibility index (Phi) is 2.45. The van der Waals surface area contributed by atoms with Crippen molar-refractivity contribution in [3.63, 3.8) is 0 Å². The van der Waals surface area contributed by atoms with Crippen molar-refractivity contribution in [3.8, 4) is 5.75 Å². The summed E-state index contributed by atoms with van der Waals surface area (Å²) < 4.78 is 22.7. The number of carbonyl (C=O) groups excluding carboxylic acids is 1.